The minimum Gasteiger partial charge on any atom is -0.444 e. The summed E-state index contributed by atoms with van der Waals surface area (Å²) in [6, 6.07) is -0.0370. The third-order valence-electron chi connectivity index (χ3n) is 3.99. The average Bonchev–Trinajstić information content (AvgIpc) is 2.99. The van der Waals surface area contributed by atoms with Crippen LogP contribution in [0.1, 0.15) is 46.4 Å². The van der Waals surface area contributed by atoms with Crippen LogP contribution in [-0.4, -0.2) is 45.3 Å². The molecule has 156 valence electrons. The Bertz CT molecular complexity index is 838. The van der Waals surface area contributed by atoms with Gasteiger partial charge in [0.1, 0.15) is 17.8 Å². The van der Waals surface area contributed by atoms with E-state index in [2.05, 4.69) is 15.4 Å². The Hall–Kier alpha value is -2.03. The van der Waals surface area contributed by atoms with Gasteiger partial charge in [-0.2, -0.15) is 5.10 Å². The van der Waals surface area contributed by atoms with Crippen LogP contribution in [0, 0.1) is 5.41 Å². The summed E-state index contributed by atoms with van der Waals surface area (Å²) in [5.74, 6) is 0. The molecule has 3 unspecified atom stereocenters. The second-order valence-electron chi connectivity index (χ2n) is 8.23. The number of amides is 1. The van der Waals surface area contributed by atoms with Gasteiger partial charge in [-0.25, -0.2) is 23.1 Å². The third kappa shape index (κ3) is 5.27. The van der Waals surface area contributed by atoms with Crippen LogP contribution in [0.4, 0.5) is 18.0 Å². The number of alkyl halides is 3. The molecule has 0 aliphatic carbocycles. The van der Waals surface area contributed by atoms with E-state index in [-0.39, 0.29) is 11.3 Å². The van der Waals surface area contributed by atoms with Crippen molar-refractivity contribution in [2.24, 2.45) is 5.41 Å². The van der Waals surface area contributed by atoms with Gasteiger partial charge < -0.3 is 10.1 Å². The van der Waals surface area contributed by atoms with Crippen molar-refractivity contribution in [3.8, 4) is 0 Å². The Labute approximate surface area is 166 Å². The molecule has 0 aromatic carbocycles. The van der Waals surface area contributed by atoms with Crippen molar-refractivity contribution in [1.29, 1.82) is 0 Å². The molecule has 1 N–H and O–H groups in total. The predicted octanol–water partition coefficient (Wildman–Crippen LogP) is 4.62. The molecule has 0 aliphatic heterocycles. The van der Waals surface area contributed by atoms with Gasteiger partial charge in [0.25, 0.3) is 0 Å². The number of alkyl carbamates (subject to hydrolysis) is 1. The minimum atomic E-state index is -2.28. The van der Waals surface area contributed by atoms with Crippen LogP contribution >= 0.6 is 11.6 Å². The summed E-state index contributed by atoms with van der Waals surface area (Å²) >= 11 is 5.87. The first-order valence-corrected chi connectivity index (χ1v) is 9.06. The van der Waals surface area contributed by atoms with Gasteiger partial charge in [-0.05, 0) is 20.8 Å². The number of halogens is 4. The van der Waals surface area contributed by atoms with Gasteiger partial charge in [-0.3, -0.25) is 4.39 Å². The van der Waals surface area contributed by atoms with Crippen molar-refractivity contribution < 1.29 is 22.7 Å². The fourth-order valence-corrected chi connectivity index (χ4v) is 2.59. The first-order valence-electron chi connectivity index (χ1n) is 8.68. The third-order valence-corrected chi connectivity index (χ3v) is 4.19. The van der Waals surface area contributed by atoms with Gasteiger partial charge in [0.05, 0.1) is 29.8 Å². The van der Waals surface area contributed by atoms with E-state index in [1.807, 2.05) is 0 Å². The number of hydrogen-bond donors (Lipinski definition) is 1. The molecule has 0 fully saturated rings. The lowest BCUT2D eigenvalue weighted by Crippen LogP contribution is -2.45. The lowest BCUT2D eigenvalue weighted by atomic mass is 9.84. The Kier molecular flexibility index (Phi) is 6.48. The van der Waals surface area contributed by atoms with Gasteiger partial charge in [0.15, 0.2) is 11.8 Å². The number of hydrogen-bond acceptors (Lipinski definition) is 4. The first-order chi connectivity index (χ1) is 12.8. The number of aromatic nitrogens is 3. The zero-order valence-corrected chi connectivity index (χ0v) is 17.1. The smallest absolute Gasteiger partial charge is 0.408 e. The van der Waals surface area contributed by atoms with E-state index in [0.29, 0.717) is 5.02 Å². The largest absolute Gasteiger partial charge is 0.444 e. The number of nitrogens with one attached hydrogen (secondary N) is 1. The van der Waals surface area contributed by atoms with Crippen LogP contribution < -0.4 is 5.32 Å². The van der Waals surface area contributed by atoms with Crippen LogP contribution in [-0.2, 0) is 4.74 Å². The van der Waals surface area contributed by atoms with E-state index < -0.39 is 42.2 Å². The van der Waals surface area contributed by atoms with Crippen molar-refractivity contribution in [3.05, 3.63) is 29.2 Å². The van der Waals surface area contributed by atoms with E-state index in [1.54, 1.807) is 20.8 Å². The molecule has 0 saturated carbocycles. The highest BCUT2D eigenvalue weighted by Crippen LogP contribution is 2.34. The summed E-state index contributed by atoms with van der Waals surface area (Å²) < 4.78 is 49.5. The Morgan fingerprint density at radius 1 is 1.32 bits per heavy atom. The maximum Gasteiger partial charge on any atom is 0.408 e. The second kappa shape index (κ2) is 8.14. The highest BCUT2D eigenvalue weighted by Gasteiger charge is 2.43. The van der Waals surface area contributed by atoms with E-state index in [0.717, 1.165) is 0 Å². The Morgan fingerprint density at radius 2 is 1.96 bits per heavy atom. The highest BCUT2D eigenvalue weighted by molar-refractivity contribution is 6.30. The number of fused-ring (bicyclic) bond motifs is 1. The van der Waals surface area contributed by atoms with Gasteiger partial charge in [0.2, 0.25) is 0 Å². The number of carbonyl (C=O) groups excluding carboxylic acids is 1. The first kappa shape index (κ1) is 22.3. The molecule has 2 aromatic heterocycles. The molecule has 6 nitrogen and oxygen atoms in total. The molecule has 0 radical (unpaired) electrons. The van der Waals surface area contributed by atoms with Crippen molar-refractivity contribution >= 4 is 23.3 Å². The maximum atomic E-state index is 15.1. The predicted molar refractivity (Wildman–Crippen MR) is 99.7 cm³/mol. The summed E-state index contributed by atoms with van der Waals surface area (Å²) in [7, 11) is 0. The van der Waals surface area contributed by atoms with Crippen LogP contribution in [0.5, 0.6) is 0 Å². The zero-order chi connectivity index (χ0) is 21.3. The zero-order valence-electron chi connectivity index (χ0n) is 16.3. The maximum absolute atomic E-state index is 15.1. The molecule has 3 atom stereocenters. The van der Waals surface area contributed by atoms with Gasteiger partial charge in [0, 0.05) is 11.5 Å². The van der Waals surface area contributed by atoms with Crippen molar-refractivity contribution in [2.45, 2.75) is 58.6 Å². The van der Waals surface area contributed by atoms with Gasteiger partial charge in [-0.1, -0.05) is 25.4 Å². The SMILES string of the molecule is CC(C)(C)OC(=O)NC(c1cn2ncc(Cl)cc2n1)C(F)C(F)C(C)(C)CF. The normalized spacial score (nSPS) is 15.9. The lowest BCUT2D eigenvalue weighted by molar-refractivity contribution is 0.0125. The Morgan fingerprint density at radius 3 is 2.54 bits per heavy atom. The van der Waals surface area contributed by atoms with Crippen LogP contribution in [0.15, 0.2) is 18.5 Å². The van der Waals surface area contributed by atoms with Crippen LogP contribution in [0.3, 0.4) is 0 Å². The summed E-state index contributed by atoms with van der Waals surface area (Å²) in [5, 5.41) is 6.61. The van der Waals surface area contributed by atoms with Crippen molar-refractivity contribution in [2.75, 3.05) is 6.67 Å². The van der Waals surface area contributed by atoms with Gasteiger partial charge in [-0.15, -0.1) is 0 Å². The fourth-order valence-electron chi connectivity index (χ4n) is 2.45. The van der Waals surface area contributed by atoms with Crippen LogP contribution in [0.2, 0.25) is 5.02 Å². The summed E-state index contributed by atoms with van der Waals surface area (Å²) in [6.45, 7) is 6.36. The monoisotopic (exact) mass is 420 g/mol. The molecule has 2 rings (SSSR count). The molecule has 28 heavy (non-hydrogen) atoms. The Balaban J connectivity index is 2.40. The number of ether oxygens (including phenoxy) is 1. The topological polar surface area (TPSA) is 68.5 Å². The average molecular weight is 421 g/mol. The molecule has 10 heteroatoms. The number of imidazole rings is 1. The molecular formula is C18H24ClF3N4O2. The van der Waals surface area contributed by atoms with Crippen molar-refractivity contribution in [3.63, 3.8) is 0 Å². The van der Waals surface area contributed by atoms with Crippen LogP contribution in [0.25, 0.3) is 5.65 Å². The summed E-state index contributed by atoms with van der Waals surface area (Å²) in [4.78, 5) is 16.4. The molecule has 0 aliphatic rings. The quantitative estimate of drug-likeness (QED) is 0.740. The molecular weight excluding hydrogens is 397 g/mol. The summed E-state index contributed by atoms with van der Waals surface area (Å²) in [5.41, 5.74) is -2.15. The summed E-state index contributed by atoms with van der Waals surface area (Å²) in [6.07, 6.45) is -2.74. The molecule has 0 bridgehead atoms. The number of nitrogens with zero attached hydrogens (tertiary/aromatic N) is 3. The number of rotatable bonds is 6. The lowest BCUT2D eigenvalue weighted by Gasteiger charge is -2.32. The molecule has 1 amide bonds. The van der Waals surface area contributed by atoms with Gasteiger partial charge >= 0.3 is 6.09 Å². The van der Waals surface area contributed by atoms with E-state index in [9.17, 15) is 13.6 Å². The second-order valence-corrected chi connectivity index (χ2v) is 8.67. The van der Waals surface area contributed by atoms with E-state index in [4.69, 9.17) is 16.3 Å². The molecule has 2 heterocycles. The molecule has 0 spiro atoms. The van der Waals surface area contributed by atoms with E-state index in [1.165, 1.54) is 36.8 Å². The molecule has 0 saturated heterocycles. The van der Waals surface area contributed by atoms with E-state index >= 15 is 4.39 Å². The van der Waals surface area contributed by atoms with Crippen molar-refractivity contribution in [1.82, 2.24) is 19.9 Å². The fraction of sp³-hybridized carbons (Fsp3) is 0.611. The highest BCUT2D eigenvalue weighted by atomic mass is 35.5. The molecule has 2 aromatic rings. The standard InChI is InChI=1S/C18H24ClF3N4O2/c1-17(2,3)28-16(27)25-14(13(21)15(22)18(4,5)9-20)11-8-26-12(24-11)6-10(19)7-23-26/h6-8,13-15H,9H2,1-5H3,(H,25,27). The number of carbonyl (C=O) groups is 1. The minimum absolute atomic E-state index is 0.00503.